The zero-order chi connectivity index (χ0) is 11.8. The van der Waals surface area contributed by atoms with Crippen LogP contribution in [0.25, 0.3) is 0 Å². The van der Waals surface area contributed by atoms with Crippen LogP contribution in [-0.4, -0.2) is 12.6 Å². The van der Waals surface area contributed by atoms with Gasteiger partial charge in [-0.2, -0.15) is 5.53 Å². The van der Waals surface area contributed by atoms with Gasteiger partial charge in [-0.25, -0.2) is 4.79 Å². The summed E-state index contributed by atoms with van der Waals surface area (Å²) in [6, 6.07) is 1.56. The molecule has 1 aliphatic heterocycles. The first kappa shape index (κ1) is 10.3. The zero-order valence-electron chi connectivity index (χ0n) is 9.38. The Labute approximate surface area is 98.7 Å². The van der Waals surface area contributed by atoms with Crippen molar-refractivity contribution in [2.45, 2.75) is 25.7 Å². The van der Waals surface area contributed by atoms with Gasteiger partial charge in [0, 0.05) is 6.42 Å². The van der Waals surface area contributed by atoms with Crippen molar-refractivity contribution in [1.29, 1.82) is 5.53 Å². The minimum atomic E-state index is -0.636. The SMILES string of the molecule is N=NC(=O)Nc1c2c(cc3c1OCC3)CCC2. The fourth-order valence-corrected chi connectivity index (χ4v) is 2.67. The third-order valence-corrected chi connectivity index (χ3v) is 3.38. The van der Waals surface area contributed by atoms with Crippen LogP contribution in [0.1, 0.15) is 23.1 Å². The highest BCUT2D eigenvalue weighted by atomic mass is 16.5. The van der Waals surface area contributed by atoms with Gasteiger partial charge in [0.25, 0.3) is 0 Å². The van der Waals surface area contributed by atoms with E-state index in [0.29, 0.717) is 6.61 Å². The van der Waals surface area contributed by atoms with Crippen LogP contribution in [0.3, 0.4) is 0 Å². The number of hydrogen-bond donors (Lipinski definition) is 2. The second-order valence-corrected chi connectivity index (χ2v) is 4.37. The molecule has 1 aromatic rings. The Hall–Kier alpha value is -1.91. The maximum atomic E-state index is 11.3. The lowest BCUT2D eigenvalue weighted by Crippen LogP contribution is -2.09. The molecule has 0 saturated heterocycles. The number of ether oxygens (including phenoxy) is 1. The first-order valence-corrected chi connectivity index (χ1v) is 5.78. The van der Waals surface area contributed by atoms with Crippen LogP contribution in [0.5, 0.6) is 5.75 Å². The van der Waals surface area contributed by atoms with E-state index >= 15 is 0 Å². The molecule has 0 unspecified atom stereocenters. The highest BCUT2D eigenvalue weighted by molar-refractivity contribution is 5.93. The van der Waals surface area contributed by atoms with Crippen LogP contribution in [0.2, 0.25) is 0 Å². The lowest BCUT2D eigenvalue weighted by molar-refractivity contribution is 0.257. The van der Waals surface area contributed by atoms with E-state index in [-0.39, 0.29) is 0 Å². The number of nitrogens with one attached hydrogen (secondary N) is 2. The average molecular weight is 231 g/mol. The number of fused-ring (bicyclic) bond motifs is 2. The molecule has 0 atom stereocenters. The summed E-state index contributed by atoms with van der Waals surface area (Å²) in [5, 5.41) is 5.55. The normalized spacial score (nSPS) is 16.0. The summed E-state index contributed by atoms with van der Waals surface area (Å²) in [4.78, 5) is 11.3. The molecular formula is C12H13N3O2. The van der Waals surface area contributed by atoms with Crippen LogP contribution >= 0.6 is 0 Å². The van der Waals surface area contributed by atoms with Crippen molar-refractivity contribution in [2.24, 2.45) is 5.11 Å². The second kappa shape index (κ2) is 3.84. The molecule has 5 nitrogen and oxygen atoms in total. The van der Waals surface area contributed by atoms with E-state index in [2.05, 4.69) is 16.5 Å². The van der Waals surface area contributed by atoms with Crippen molar-refractivity contribution < 1.29 is 9.53 Å². The molecule has 2 amide bonds. The Balaban J connectivity index is 2.11. The van der Waals surface area contributed by atoms with Crippen molar-refractivity contribution >= 4 is 11.7 Å². The Morgan fingerprint density at radius 1 is 1.35 bits per heavy atom. The van der Waals surface area contributed by atoms with Gasteiger partial charge in [0.2, 0.25) is 0 Å². The number of anilines is 1. The molecule has 0 saturated carbocycles. The fraction of sp³-hybridized carbons (Fsp3) is 0.417. The van der Waals surface area contributed by atoms with Crippen LogP contribution in [0, 0.1) is 5.53 Å². The van der Waals surface area contributed by atoms with E-state index in [1.54, 1.807) is 0 Å². The summed E-state index contributed by atoms with van der Waals surface area (Å²) >= 11 is 0. The maximum Gasteiger partial charge on any atom is 0.363 e. The van der Waals surface area contributed by atoms with E-state index in [0.717, 1.165) is 48.2 Å². The van der Waals surface area contributed by atoms with E-state index < -0.39 is 6.03 Å². The molecule has 2 aliphatic rings. The first-order valence-electron chi connectivity index (χ1n) is 5.78. The smallest absolute Gasteiger partial charge is 0.363 e. The van der Waals surface area contributed by atoms with Gasteiger partial charge in [0.15, 0.2) is 0 Å². The van der Waals surface area contributed by atoms with E-state index in [1.807, 2.05) is 0 Å². The molecule has 1 heterocycles. The van der Waals surface area contributed by atoms with Crippen molar-refractivity contribution in [2.75, 3.05) is 11.9 Å². The molecule has 2 N–H and O–H groups in total. The third-order valence-electron chi connectivity index (χ3n) is 3.38. The lowest BCUT2D eigenvalue weighted by atomic mass is 10.0. The summed E-state index contributed by atoms with van der Waals surface area (Å²) in [5.74, 6) is 0.780. The van der Waals surface area contributed by atoms with Gasteiger partial charge in [-0.1, -0.05) is 11.2 Å². The van der Waals surface area contributed by atoms with Crippen molar-refractivity contribution in [1.82, 2.24) is 0 Å². The lowest BCUT2D eigenvalue weighted by Gasteiger charge is -2.13. The molecule has 5 heteroatoms. The minimum absolute atomic E-state index is 0.636. The number of benzene rings is 1. The highest BCUT2D eigenvalue weighted by Gasteiger charge is 2.26. The van der Waals surface area contributed by atoms with Gasteiger partial charge in [0.1, 0.15) is 5.75 Å². The fourth-order valence-electron chi connectivity index (χ4n) is 2.67. The van der Waals surface area contributed by atoms with Gasteiger partial charge >= 0.3 is 6.03 Å². The predicted octanol–water partition coefficient (Wildman–Crippen LogP) is 2.67. The van der Waals surface area contributed by atoms with Gasteiger partial charge < -0.3 is 10.1 Å². The van der Waals surface area contributed by atoms with Gasteiger partial charge in [0.05, 0.1) is 12.3 Å². The molecule has 1 aliphatic carbocycles. The Bertz CT molecular complexity index is 479. The number of carbonyl (C=O) groups is 1. The van der Waals surface area contributed by atoms with Crippen molar-refractivity contribution in [3.8, 4) is 5.75 Å². The van der Waals surface area contributed by atoms with Crippen molar-refractivity contribution in [3.05, 3.63) is 22.8 Å². The van der Waals surface area contributed by atoms with Crippen LogP contribution < -0.4 is 10.1 Å². The molecule has 17 heavy (non-hydrogen) atoms. The second-order valence-electron chi connectivity index (χ2n) is 4.37. The molecular weight excluding hydrogens is 218 g/mol. The summed E-state index contributed by atoms with van der Waals surface area (Å²) in [6.45, 7) is 0.666. The molecule has 88 valence electrons. The summed E-state index contributed by atoms with van der Waals surface area (Å²) in [5.41, 5.74) is 11.1. The van der Waals surface area contributed by atoms with Gasteiger partial charge in [-0.3, -0.25) is 0 Å². The predicted molar refractivity (Wildman–Crippen MR) is 61.8 cm³/mol. The van der Waals surface area contributed by atoms with E-state index in [9.17, 15) is 4.79 Å². The molecule has 0 aromatic heterocycles. The van der Waals surface area contributed by atoms with Gasteiger partial charge in [-0.05, 0) is 36.0 Å². The van der Waals surface area contributed by atoms with Crippen LogP contribution in [0.4, 0.5) is 10.5 Å². The molecule has 0 radical (unpaired) electrons. The summed E-state index contributed by atoms with van der Waals surface area (Å²) in [6.07, 6.45) is 4.02. The number of aryl methyl sites for hydroxylation is 1. The summed E-state index contributed by atoms with van der Waals surface area (Å²) < 4.78 is 5.58. The largest absolute Gasteiger partial charge is 0.491 e. The maximum absolute atomic E-state index is 11.3. The molecule has 1 aromatic carbocycles. The van der Waals surface area contributed by atoms with Crippen molar-refractivity contribution in [3.63, 3.8) is 0 Å². The minimum Gasteiger partial charge on any atom is -0.491 e. The molecule has 0 fully saturated rings. The quantitative estimate of drug-likeness (QED) is 0.729. The standard InChI is InChI=1S/C12H13N3O2/c13-15-12(16)14-10-9-3-1-2-7(9)6-8-4-5-17-11(8)10/h6,13H,1-5H2,(H,14,16). The Morgan fingerprint density at radius 3 is 3.06 bits per heavy atom. The molecule has 0 bridgehead atoms. The number of carbonyl (C=O) groups excluding carboxylic acids is 1. The number of amides is 2. The van der Waals surface area contributed by atoms with Crippen LogP contribution in [0.15, 0.2) is 11.2 Å². The van der Waals surface area contributed by atoms with Gasteiger partial charge in [-0.15, -0.1) is 0 Å². The number of rotatable bonds is 1. The number of hydrogen-bond acceptors (Lipinski definition) is 3. The van der Waals surface area contributed by atoms with Crippen LogP contribution in [-0.2, 0) is 19.3 Å². The monoisotopic (exact) mass is 231 g/mol. The third kappa shape index (κ3) is 1.58. The van der Waals surface area contributed by atoms with E-state index in [4.69, 9.17) is 10.3 Å². The summed E-state index contributed by atoms with van der Waals surface area (Å²) in [7, 11) is 0. The number of nitrogens with zero attached hydrogens (tertiary/aromatic N) is 1. The number of urea groups is 1. The molecule has 3 rings (SSSR count). The first-order chi connectivity index (χ1) is 8.29. The zero-order valence-corrected chi connectivity index (χ0v) is 9.38. The van der Waals surface area contributed by atoms with E-state index in [1.165, 1.54) is 5.56 Å². The topological polar surface area (TPSA) is 74.5 Å². The Morgan fingerprint density at radius 2 is 2.24 bits per heavy atom. The average Bonchev–Trinajstić information content (AvgIpc) is 2.96. The molecule has 0 spiro atoms. The highest BCUT2D eigenvalue weighted by Crippen LogP contribution is 2.42. The Kier molecular flexibility index (Phi) is 2.31.